The molecular formula is C11H14N4O. The van der Waals surface area contributed by atoms with E-state index in [1.807, 2.05) is 16.8 Å². The van der Waals surface area contributed by atoms with Crippen molar-refractivity contribution in [2.45, 2.75) is 18.9 Å². The van der Waals surface area contributed by atoms with Crippen LogP contribution in [0, 0.1) is 0 Å². The van der Waals surface area contributed by atoms with Crippen LogP contribution < -0.4 is 4.90 Å². The molecule has 5 heteroatoms. The molecule has 5 nitrogen and oxygen atoms in total. The van der Waals surface area contributed by atoms with Gasteiger partial charge >= 0.3 is 0 Å². The molecule has 0 aliphatic carbocycles. The number of aliphatic hydroxyl groups is 1. The van der Waals surface area contributed by atoms with Crippen molar-refractivity contribution < 1.29 is 5.11 Å². The number of hydrogen-bond donors (Lipinski definition) is 1. The van der Waals surface area contributed by atoms with E-state index in [1.165, 1.54) is 0 Å². The van der Waals surface area contributed by atoms with Gasteiger partial charge in [0.05, 0.1) is 12.6 Å². The Morgan fingerprint density at radius 2 is 2.12 bits per heavy atom. The third kappa shape index (κ3) is 1.36. The maximum Gasteiger partial charge on any atom is 0.180 e. The SMILES string of the molecule is OC[C@@H]1CCCN1c1nccn2ccnc12. The average molecular weight is 218 g/mol. The van der Waals surface area contributed by atoms with E-state index < -0.39 is 0 Å². The molecule has 1 fully saturated rings. The Labute approximate surface area is 93.4 Å². The fraction of sp³-hybridized carbons (Fsp3) is 0.455. The average Bonchev–Trinajstić information content (AvgIpc) is 2.96. The van der Waals surface area contributed by atoms with Crippen LogP contribution in [0.1, 0.15) is 12.8 Å². The Kier molecular flexibility index (Phi) is 2.25. The molecule has 1 aliphatic rings. The van der Waals surface area contributed by atoms with Gasteiger partial charge in [0.15, 0.2) is 11.5 Å². The lowest BCUT2D eigenvalue weighted by atomic mass is 10.2. The first-order chi connectivity index (χ1) is 7.90. The summed E-state index contributed by atoms with van der Waals surface area (Å²) in [7, 11) is 0. The van der Waals surface area contributed by atoms with Crippen LogP contribution in [0.2, 0.25) is 0 Å². The minimum absolute atomic E-state index is 0.184. The molecule has 3 rings (SSSR count). The first kappa shape index (κ1) is 9.59. The smallest absolute Gasteiger partial charge is 0.180 e. The van der Waals surface area contributed by atoms with Gasteiger partial charge in [0, 0.05) is 31.3 Å². The van der Waals surface area contributed by atoms with Crippen molar-refractivity contribution in [1.82, 2.24) is 14.4 Å². The molecule has 0 amide bonds. The molecular weight excluding hydrogens is 204 g/mol. The van der Waals surface area contributed by atoms with E-state index in [9.17, 15) is 5.11 Å². The van der Waals surface area contributed by atoms with E-state index in [1.54, 1.807) is 12.4 Å². The van der Waals surface area contributed by atoms with E-state index in [0.29, 0.717) is 0 Å². The lowest BCUT2D eigenvalue weighted by Gasteiger charge is -2.24. The van der Waals surface area contributed by atoms with Gasteiger partial charge in [-0.15, -0.1) is 0 Å². The van der Waals surface area contributed by atoms with E-state index in [4.69, 9.17) is 0 Å². The van der Waals surface area contributed by atoms with E-state index in [-0.39, 0.29) is 12.6 Å². The third-order valence-corrected chi connectivity index (χ3v) is 3.15. The van der Waals surface area contributed by atoms with Gasteiger partial charge in [0.25, 0.3) is 0 Å². The van der Waals surface area contributed by atoms with Crippen molar-refractivity contribution in [3.63, 3.8) is 0 Å². The van der Waals surface area contributed by atoms with Gasteiger partial charge in [0.1, 0.15) is 0 Å². The van der Waals surface area contributed by atoms with Gasteiger partial charge in [-0.3, -0.25) is 0 Å². The Morgan fingerprint density at radius 1 is 1.31 bits per heavy atom. The predicted octanol–water partition coefficient (Wildman–Crippen LogP) is 0.690. The Morgan fingerprint density at radius 3 is 2.94 bits per heavy atom. The zero-order valence-corrected chi connectivity index (χ0v) is 8.95. The highest BCUT2D eigenvalue weighted by atomic mass is 16.3. The second kappa shape index (κ2) is 3.75. The lowest BCUT2D eigenvalue weighted by Crippen LogP contribution is -2.33. The Hall–Kier alpha value is -1.62. The second-order valence-electron chi connectivity index (χ2n) is 4.08. The summed E-state index contributed by atoms with van der Waals surface area (Å²) in [4.78, 5) is 10.9. The highest BCUT2D eigenvalue weighted by molar-refractivity contribution is 5.64. The van der Waals surface area contributed by atoms with Crippen molar-refractivity contribution in [1.29, 1.82) is 0 Å². The summed E-state index contributed by atoms with van der Waals surface area (Å²) in [5.41, 5.74) is 0.864. The predicted molar refractivity (Wildman–Crippen MR) is 60.4 cm³/mol. The molecule has 0 radical (unpaired) electrons. The summed E-state index contributed by atoms with van der Waals surface area (Å²) >= 11 is 0. The zero-order chi connectivity index (χ0) is 11.0. The number of imidazole rings is 1. The zero-order valence-electron chi connectivity index (χ0n) is 8.95. The van der Waals surface area contributed by atoms with Crippen molar-refractivity contribution in [2.24, 2.45) is 0 Å². The van der Waals surface area contributed by atoms with Crippen LogP contribution in [0.5, 0.6) is 0 Å². The number of anilines is 1. The molecule has 3 heterocycles. The van der Waals surface area contributed by atoms with Crippen LogP contribution in [0.15, 0.2) is 24.8 Å². The highest BCUT2D eigenvalue weighted by Crippen LogP contribution is 2.25. The van der Waals surface area contributed by atoms with Gasteiger partial charge in [-0.25, -0.2) is 9.97 Å². The molecule has 2 aromatic rings. The van der Waals surface area contributed by atoms with Gasteiger partial charge in [-0.1, -0.05) is 0 Å². The molecule has 0 unspecified atom stereocenters. The van der Waals surface area contributed by atoms with Crippen molar-refractivity contribution in [2.75, 3.05) is 18.1 Å². The maximum atomic E-state index is 9.32. The maximum absolute atomic E-state index is 9.32. The minimum Gasteiger partial charge on any atom is -0.394 e. The molecule has 1 saturated heterocycles. The van der Waals surface area contributed by atoms with Crippen LogP contribution in [0.3, 0.4) is 0 Å². The Bertz CT molecular complexity index is 495. The van der Waals surface area contributed by atoms with Crippen LogP contribution in [0.4, 0.5) is 5.82 Å². The fourth-order valence-corrected chi connectivity index (χ4v) is 2.35. The quantitative estimate of drug-likeness (QED) is 0.805. The van der Waals surface area contributed by atoms with Crippen LogP contribution in [0.25, 0.3) is 5.65 Å². The summed E-state index contributed by atoms with van der Waals surface area (Å²) in [6.07, 6.45) is 9.47. The molecule has 0 spiro atoms. The summed E-state index contributed by atoms with van der Waals surface area (Å²) < 4.78 is 1.95. The third-order valence-electron chi connectivity index (χ3n) is 3.15. The lowest BCUT2D eigenvalue weighted by molar-refractivity contribution is 0.266. The molecule has 0 bridgehead atoms. The van der Waals surface area contributed by atoms with Crippen LogP contribution in [-0.4, -0.2) is 38.7 Å². The number of aromatic nitrogens is 3. The molecule has 0 aromatic carbocycles. The van der Waals surface area contributed by atoms with Gasteiger partial charge in [0.2, 0.25) is 0 Å². The summed E-state index contributed by atoms with van der Waals surface area (Å²) in [5.74, 6) is 0.879. The van der Waals surface area contributed by atoms with E-state index >= 15 is 0 Å². The molecule has 2 aromatic heterocycles. The molecule has 16 heavy (non-hydrogen) atoms. The Balaban J connectivity index is 2.07. The fourth-order valence-electron chi connectivity index (χ4n) is 2.35. The second-order valence-corrected chi connectivity index (χ2v) is 4.08. The van der Waals surface area contributed by atoms with Crippen LogP contribution in [-0.2, 0) is 0 Å². The summed E-state index contributed by atoms with van der Waals surface area (Å²) in [6, 6.07) is 0.190. The summed E-state index contributed by atoms with van der Waals surface area (Å²) in [5, 5.41) is 9.32. The molecule has 84 valence electrons. The minimum atomic E-state index is 0.184. The van der Waals surface area contributed by atoms with E-state index in [0.717, 1.165) is 30.9 Å². The van der Waals surface area contributed by atoms with Crippen LogP contribution >= 0.6 is 0 Å². The number of nitrogens with zero attached hydrogens (tertiary/aromatic N) is 4. The number of aliphatic hydroxyl groups excluding tert-OH is 1. The topological polar surface area (TPSA) is 53.7 Å². The monoisotopic (exact) mass is 218 g/mol. The van der Waals surface area contributed by atoms with Crippen molar-refractivity contribution in [3.8, 4) is 0 Å². The molecule has 1 aliphatic heterocycles. The van der Waals surface area contributed by atoms with Crippen molar-refractivity contribution >= 4 is 11.5 Å². The molecule has 1 N–H and O–H groups in total. The largest absolute Gasteiger partial charge is 0.394 e. The summed E-state index contributed by atoms with van der Waals surface area (Å²) in [6.45, 7) is 1.13. The highest BCUT2D eigenvalue weighted by Gasteiger charge is 2.26. The van der Waals surface area contributed by atoms with Crippen molar-refractivity contribution in [3.05, 3.63) is 24.8 Å². The van der Waals surface area contributed by atoms with Gasteiger partial charge in [-0.05, 0) is 12.8 Å². The normalized spacial score (nSPS) is 20.8. The standard InChI is InChI=1S/C11H14N4O/c16-8-9-2-1-5-15(9)11-10-12-3-6-14(10)7-4-13-11/h3-4,6-7,9,16H,1-2,5,8H2/t9-/m0/s1. The van der Waals surface area contributed by atoms with E-state index in [2.05, 4.69) is 14.9 Å². The number of rotatable bonds is 2. The van der Waals surface area contributed by atoms with Gasteiger partial charge in [-0.2, -0.15) is 0 Å². The molecule has 0 saturated carbocycles. The number of hydrogen-bond acceptors (Lipinski definition) is 4. The first-order valence-corrected chi connectivity index (χ1v) is 5.55. The first-order valence-electron chi connectivity index (χ1n) is 5.55. The molecule has 1 atom stereocenters. The van der Waals surface area contributed by atoms with Gasteiger partial charge < -0.3 is 14.4 Å². The number of fused-ring (bicyclic) bond motifs is 1.